The zero-order chi connectivity index (χ0) is 29.1. The van der Waals surface area contributed by atoms with Gasteiger partial charge in [-0.25, -0.2) is 0 Å². The molecule has 1 aromatic rings. The molecule has 6 nitrogen and oxygen atoms in total. The van der Waals surface area contributed by atoms with Crippen LogP contribution in [0.1, 0.15) is 92.6 Å². The Balaban J connectivity index is 3.09. The van der Waals surface area contributed by atoms with Gasteiger partial charge in [0.05, 0.1) is 31.5 Å². The molecule has 0 aliphatic heterocycles. The third-order valence-corrected chi connectivity index (χ3v) is 12.7. The van der Waals surface area contributed by atoms with Crippen LogP contribution in [0, 0.1) is 5.92 Å². The Labute approximate surface area is 232 Å². The number of methoxy groups -OCH3 is 1. The second kappa shape index (κ2) is 15.2. The molecule has 2 N–H and O–H groups in total. The van der Waals surface area contributed by atoms with Crippen LogP contribution >= 0.6 is 0 Å². The van der Waals surface area contributed by atoms with Crippen molar-refractivity contribution >= 4 is 14.3 Å². The minimum Gasteiger partial charge on any atom is -0.497 e. The highest BCUT2D eigenvalue weighted by Gasteiger charge is 2.40. The Kier molecular flexibility index (Phi) is 13.7. The van der Waals surface area contributed by atoms with Crippen LogP contribution in [0.25, 0.3) is 0 Å². The molecule has 0 spiro atoms. The van der Waals surface area contributed by atoms with Gasteiger partial charge in [-0.2, -0.15) is 0 Å². The summed E-state index contributed by atoms with van der Waals surface area (Å²) in [6.07, 6.45) is 5.60. The molecule has 1 aromatic carbocycles. The average Bonchev–Trinajstić information content (AvgIpc) is 2.83. The number of carboxylic acids is 1. The van der Waals surface area contributed by atoms with Crippen molar-refractivity contribution in [2.45, 2.75) is 130 Å². The van der Waals surface area contributed by atoms with E-state index in [1.54, 1.807) is 7.11 Å². The van der Waals surface area contributed by atoms with Gasteiger partial charge in [0.2, 0.25) is 0 Å². The number of ether oxygens (including phenoxy) is 2. The van der Waals surface area contributed by atoms with Gasteiger partial charge >= 0.3 is 5.97 Å². The van der Waals surface area contributed by atoms with E-state index in [-0.39, 0.29) is 29.6 Å². The van der Waals surface area contributed by atoms with Crippen molar-refractivity contribution < 1.29 is 28.9 Å². The van der Waals surface area contributed by atoms with Crippen molar-refractivity contribution in [3.8, 4) is 5.75 Å². The van der Waals surface area contributed by atoms with Crippen LogP contribution in [-0.4, -0.2) is 49.4 Å². The Morgan fingerprint density at radius 3 is 2.16 bits per heavy atom. The first-order valence-electron chi connectivity index (χ1n) is 14.0. The topological polar surface area (TPSA) is 85.2 Å². The van der Waals surface area contributed by atoms with E-state index >= 15 is 0 Å². The average molecular weight is 551 g/mol. The molecule has 38 heavy (non-hydrogen) atoms. The summed E-state index contributed by atoms with van der Waals surface area (Å²) in [5.41, 5.74) is 1.61. The van der Waals surface area contributed by atoms with Crippen LogP contribution in [-0.2, 0) is 20.6 Å². The zero-order valence-electron chi connectivity index (χ0n) is 25.6. The van der Waals surface area contributed by atoms with E-state index in [9.17, 15) is 15.0 Å². The number of allylic oxidation sites excluding steroid dienone is 1. The number of benzene rings is 1. The van der Waals surface area contributed by atoms with Gasteiger partial charge in [-0.1, -0.05) is 45.9 Å². The summed E-state index contributed by atoms with van der Waals surface area (Å²) >= 11 is 0. The number of hydrogen-bond donors (Lipinski definition) is 2. The molecule has 7 heteroatoms. The normalized spacial score (nSPS) is 17.0. The third-order valence-electron chi connectivity index (χ3n) is 8.21. The number of aliphatic carboxylic acids is 1. The molecule has 1 unspecified atom stereocenters. The quantitative estimate of drug-likeness (QED) is 0.152. The van der Waals surface area contributed by atoms with Crippen LogP contribution in [0.4, 0.5) is 0 Å². The van der Waals surface area contributed by atoms with Crippen LogP contribution in [0.15, 0.2) is 35.9 Å². The molecule has 0 heterocycles. The molecular formula is C31H54O6Si. The molecule has 0 fully saturated rings. The van der Waals surface area contributed by atoms with Gasteiger partial charge in [-0.05, 0) is 100 Å². The Hall–Kier alpha value is -1.67. The van der Waals surface area contributed by atoms with Gasteiger partial charge in [-0.3, -0.25) is 4.79 Å². The number of hydrogen-bond acceptors (Lipinski definition) is 5. The molecule has 0 radical (unpaired) electrons. The van der Waals surface area contributed by atoms with Crippen LogP contribution < -0.4 is 4.74 Å². The minimum atomic E-state index is -2.05. The Morgan fingerprint density at radius 2 is 1.66 bits per heavy atom. The SMILES string of the molecule is COc1ccc(CO[C@@](C)(CCC(=O)O)CCC(O[Si](C)(C)C(C)(C)C)/C(C)=C/CC[C@H](C)[C@@H](C)O)cc1. The maximum absolute atomic E-state index is 11.4. The highest BCUT2D eigenvalue weighted by molar-refractivity contribution is 6.74. The number of carbonyl (C=O) groups is 1. The second-order valence-electron chi connectivity index (χ2n) is 12.6. The summed E-state index contributed by atoms with van der Waals surface area (Å²) in [4.78, 5) is 11.4. The fraction of sp³-hybridized carbons (Fsp3) is 0.710. The van der Waals surface area contributed by atoms with Gasteiger partial charge in [0, 0.05) is 6.42 Å². The van der Waals surface area contributed by atoms with Crippen LogP contribution in [0.5, 0.6) is 5.75 Å². The lowest BCUT2D eigenvalue weighted by atomic mass is 9.90. The number of aliphatic hydroxyl groups excluding tert-OH is 1. The molecule has 218 valence electrons. The fourth-order valence-electron chi connectivity index (χ4n) is 3.91. The summed E-state index contributed by atoms with van der Waals surface area (Å²) in [6, 6.07) is 7.76. The molecule has 0 aromatic heterocycles. The van der Waals surface area contributed by atoms with Crippen molar-refractivity contribution in [2.75, 3.05) is 7.11 Å². The second-order valence-corrected chi connectivity index (χ2v) is 17.4. The summed E-state index contributed by atoms with van der Waals surface area (Å²) in [7, 11) is -0.410. The Morgan fingerprint density at radius 1 is 1.05 bits per heavy atom. The van der Waals surface area contributed by atoms with Gasteiger partial charge in [-0.15, -0.1) is 0 Å². The van der Waals surface area contributed by atoms with Gasteiger partial charge < -0.3 is 24.1 Å². The summed E-state index contributed by atoms with van der Waals surface area (Å²) in [6.45, 7) is 19.8. The van der Waals surface area contributed by atoms with Gasteiger partial charge in [0.15, 0.2) is 8.32 Å². The predicted octanol–water partition coefficient (Wildman–Crippen LogP) is 7.75. The van der Waals surface area contributed by atoms with Crippen LogP contribution in [0.3, 0.4) is 0 Å². The molecule has 0 aliphatic carbocycles. The van der Waals surface area contributed by atoms with E-state index in [4.69, 9.17) is 13.9 Å². The maximum Gasteiger partial charge on any atom is 0.303 e. The highest BCUT2D eigenvalue weighted by Crippen LogP contribution is 2.39. The first-order valence-corrected chi connectivity index (χ1v) is 16.9. The number of aliphatic hydroxyl groups is 1. The molecule has 4 atom stereocenters. The maximum atomic E-state index is 11.4. The largest absolute Gasteiger partial charge is 0.497 e. The fourth-order valence-corrected chi connectivity index (χ4v) is 5.28. The van der Waals surface area contributed by atoms with E-state index in [1.807, 2.05) is 38.1 Å². The van der Waals surface area contributed by atoms with Crippen molar-refractivity contribution in [2.24, 2.45) is 5.92 Å². The first kappa shape index (κ1) is 34.4. The molecule has 0 amide bonds. The summed E-state index contributed by atoms with van der Waals surface area (Å²) < 4.78 is 18.6. The van der Waals surface area contributed by atoms with Crippen molar-refractivity contribution in [3.63, 3.8) is 0 Å². The van der Waals surface area contributed by atoms with E-state index in [0.717, 1.165) is 30.6 Å². The molecule has 0 saturated heterocycles. The van der Waals surface area contributed by atoms with Crippen LogP contribution in [0.2, 0.25) is 18.1 Å². The lowest BCUT2D eigenvalue weighted by molar-refractivity contribution is -0.139. The Bertz CT molecular complexity index is 871. The zero-order valence-corrected chi connectivity index (χ0v) is 26.6. The molecular weight excluding hydrogens is 496 g/mol. The number of carboxylic acid groups (broad SMARTS) is 1. The summed E-state index contributed by atoms with van der Waals surface area (Å²) in [5, 5.41) is 19.3. The predicted molar refractivity (Wildman–Crippen MR) is 158 cm³/mol. The van der Waals surface area contributed by atoms with E-state index in [0.29, 0.717) is 19.4 Å². The van der Waals surface area contributed by atoms with Gasteiger partial charge in [0.25, 0.3) is 0 Å². The minimum absolute atomic E-state index is 0.0545. The lowest BCUT2D eigenvalue weighted by Gasteiger charge is -2.40. The lowest BCUT2D eigenvalue weighted by Crippen LogP contribution is -2.44. The van der Waals surface area contributed by atoms with E-state index < -0.39 is 19.9 Å². The first-order chi connectivity index (χ1) is 17.5. The summed E-state index contributed by atoms with van der Waals surface area (Å²) in [5.74, 6) is 0.212. The van der Waals surface area contributed by atoms with E-state index in [2.05, 4.69) is 53.8 Å². The smallest absolute Gasteiger partial charge is 0.303 e. The standard InChI is InChI=1S/C31H54O6Si/c1-23(25(3)32)12-11-13-24(2)28(37-38(9,10)30(4,5)6)18-20-31(7,21-19-29(33)34)36-22-26-14-16-27(35-8)17-15-26/h13-17,23,25,28,32H,11-12,18-22H2,1-10H3,(H,33,34)/b24-13+/t23-,25+,28?,31+/m0/s1. The van der Waals surface area contributed by atoms with Crippen molar-refractivity contribution in [3.05, 3.63) is 41.5 Å². The van der Waals surface area contributed by atoms with Crippen molar-refractivity contribution in [1.82, 2.24) is 0 Å². The number of rotatable bonds is 17. The highest BCUT2D eigenvalue weighted by atomic mass is 28.4. The van der Waals surface area contributed by atoms with E-state index in [1.165, 1.54) is 5.57 Å². The molecule has 1 rings (SSSR count). The molecule has 0 bridgehead atoms. The monoisotopic (exact) mass is 550 g/mol. The van der Waals surface area contributed by atoms with Crippen molar-refractivity contribution in [1.29, 1.82) is 0 Å². The molecule has 0 saturated carbocycles. The third kappa shape index (κ3) is 12.0. The molecule has 0 aliphatic rings. The van der Waals surface area contributed by atoms with Gasteiger partial charge in [0.1, 0.15) is 5.75 Å².